The zero-order valence-electron chi connectivity index (χ0n) is 14.6. The second-order valence-electron chi connectivity index (χ2n) is 5.13. The number of ketones is 1. The Morgan fingerprint density at radius 3 is 2.22 bits per heavy atom. The predicted molar refractivity (Wildman–Crippen MR) is 88.3 cm³/mol. The molecular weight excluding hydrogens is 367 g/mol. The Hall–Kier alpha value is -2.68. The van der Waals surface area contributed by atoms with Crippen LogP contribution in [0.15, 0.2) is 36.4 Å². The maximum absolute atomic E-state index is 12.2. The van der Waals surface area contributed by atoms with Gasteiger partial charge in [0.1, 0.15) is 29.4 Å². The molecule has 2 rings (SSSR count). The van der Waals surface area contributed by atoms with Crippen LogP contribution in [0.5, 0.6) is 28.7 Å². The van der Waals surface area contributed by atoms with Crippen molar-refractivity contribution in [3.63, 3.8) is 0 Å². The first-order chi connectivity index (χ1) is 12.3. The number of hydrogen-bond donors (Lipinski definition) is 3. The van der Waals surface area contributed by atoms with Crippen molar-refractivity contribution in [3.8, 4) is 28.7 Å². The van der Waals surface area contributed by atoms with Crippen molar-refractivity contribution in [2.45, 2.75) is 0 Å². The third kappa shape index (κ3) is 5.92. The molecule has 0 saturated carbocycles. The Bertz CT molecular complexity index is 853. The van der Waals surface area contributed by atoms with Crippen LogP contribution < -0.4 is 44.1 Å². The number of carboxylic acid groups (broad SMARTS) is 1. The van der Waals surface area contributed by atoms with Crippen LogP contribution in [0.1, 0.15) is 15.9 Å². The van der Waals surface area contributed by atoms with Crippen LogP contribution in [0.2, 0.25) is 0 Å². The van der Waals surface area contributed by atoms with Gasteiger partial charge in [-0.05, 0) is 23.8 Å². The van der Waals surface area contributed by atoms with Gasteiger partial charge in [-0.25, -0.2) is 0 Å². The summed E-state index contributed by atoms with van der Waals surface area (Å²) >= 11 is 0. The first kappa shape index (κ1) is 22.4. The number of ether oxygens (including phenoxy) is 2. The third-order valence-electron chi connectivity index (χ3n) is 3.30. The molecule has 0 unspecified atom stereocenters. The van der Waals surface area contributed by atoms with Crippen molar-refractivity contribution in [1.82, 2.24) is 0 Å². The summed E-state index contributed by atoms with van der Waals surface area (Å²) in [6.07, 6.45) is 2.47. The van der Waals surface area contributed by atoms with Gasteiger partial charge in [0.2, 0.25) is 0 Å². The molecule has 0 bridgehead atoms. The van der Waals surface area contributed by atoms with E-state index in [-0.39, 0.29) is 52.4 Å². The number of carboxylic acids is 1. The monoisotopic (exact) mass is 382 g/mol. The zero-order valence-corrected chi connectivity index (χ0v) is 16.6. The molecule has 0 aliphatic carbocycles. The van der Waals surface area contributed by atoms with Crippen LogP contribution in [0.3, 0.4) is 0 Å². The van der Waals surface area contributed by atoms with E-state index >= 15 is 0 Å². The van der Waals surface area contributed by atoms with E-state index in [0.29, 0.717) is 5.56 Å². The summed E-state index contributed by atoms with van der Waals surface area (Å²) in [5.74, 6) is -3.31. The molecule has 3 N–H and O–H groups in total. The minimum atomic E-state index is -1.48. The fourth-order valence-corrected chi connectivity index (χ4v) is 2.13. The Morgan fingerprint density at radius 2 is 1.70 bits per heavy atom. The smallest absolute Gasteiger partial charge is 0.546 e. The van der Waals surface area contributed by atoms with Gasteiger partial charge >= 0.3 is 29.6 Å². The number of carbonyl (C=O) groups excluding carboxylic acids is 2. The molecule has 27 heavy (non-hydrogen) atoms. The molecular formula is C18H15NaO8. The molecule has 136 valence electrons. The Labute approximate surface area is 176 Å². The van der Waals surface area contributed by atoms with Crippen molar-refractivity contribution in [3.05, 3.63) is 47.5 Å². The summed E-state index contributed by atoms with van der Waals surface area (Å²) in [5.41, 5.74) is 0.115. The second kappa shape index (κ2) is 9.86. The van der Waals surface area contributed by atoms with E-state index in [1.165, 1.54) is 25.3 Å². The molecule has 0 aliphatic heterocycles. The first-order valence-corrected chi connectivity index (χ1v) is 7.30. The molecule has 0 aromatic heterocycles. The fraction of sp³-hybridized carbons (Fsp3) is 0.111. The second-order valence-corrected chi connectivity index (χ2v) is 5.13. The summed E-state index contributed by atoms with van der Waals surface area (Å²) in [5, 5.41) is 39.9. The molecule has 0 aliphatic rings. The number of allylic oxidation sites excluding steroid dienone is 1. The predicted octanol–water partition coefficient (Wildman–Crippen LogP) is -2.16. The third-order valence-corrected chi connectivity index (χ3v) is 3.30. The fourth-order valence-electron chi connectivity index (χ4n) is 2.13. The van der Waals surface area contributed by atoms with Gasteiger partial charge < -0.3 is 34.7 Å². The van der Waals surface area contributed by atoms with Gasteiger partial charge in [-0.2, -0.15) is 0 Å². The van der Waals surface area contributed by atoms with Crippen molar-refractivity contribution in [2.75, 3.05) is 13.7 Å². The molecule has 8 nitrogen and oxygen atoms in total. The maximum atomic E-state index is 12.2. The summed E-state index contributed by atoms with van der Waals surface area (Å²) in [7, 11) is 1.40. The van der Waals surface area contributed by atoms with Crippen molar-refractivity contribution in [2.24, 2.45) is 0 Å². The number of carbonyl (C=O) groups is 2. The van der Waals surface area contributed by atoms with E-state index in [4.69, 9.17) is 9.47 Å². The summed E-state index contributed by atoms with van der Waals surface area (Å²) < 4.78 is 9.69. The molecule has 0 fully saturated rings. The summed E-state index contributed by atoms with van der Waals surface area (Å²) in [6, 6.07) is 6.49. The van der Waals surface area contributed by atoms with Crippen LogP contribution in [0, 0.1) is 0 Å². The van der Waals surface area contributed by atoms with Gasteiger partial charge in [0.05, 0.1) is 13.1 Å². The van der Waals surface area contributed by atoms with Crippen LogP contribution >= 0.6 is 0 Å². The molecule has 2 aromatic carbocycles. The van der Waals surface area contributed by atoms with Crippen molar-refractivity contribution >= 4 is 17.8 Å². The molecule has 0 saturated heterocycles. The quantitative estimate of drug-likeness (QED) is 0.280. The van der Waals surface area contributed by atoms with Crippen molar-refractivity contribution in [1.29, 1.82) is 0 Å². The van der Waals surface area contributed by atoms with E-state index < -0.39 is 29.9 Å². The Balaban J connectivity index is 0.00000364. The number of methoxy groups -OCH3 is 1. The van der Waals surface area contributed by atoms with Gasteiger partial charge in [0.15, 0.2) is 17.3 Å². The molecule has 9 heteroatoms. The van der Waals surface area contributed by atoms with E-state index in [0.717, 1.165) is 18.2 Å². The van der Waals surface area contributed by atoms with Gasteiger partial charge in [-0.3, -0.25) is 4.79 Å². The number of hydrogen-bond acceptors (Lipinski definition) is 8. The number of rotatable bonds is 7. The Kier molecular flexibility index (Phi) is 8.17. The average molecular weight is 382 g/mol. The molecule has 0 spiro atoms. The van der Waals surface area contributed by atoms with Gasteiger partial charge in [0.25, 0.3) is 0 Å². The number of benzene rings is 2. The Morgan fingerprint density at radius 1 is 1.07 bits per heavy atom. The van der Waals surface area contributed by atoms with E-state index in [1.807, 2.05) is 0 Å². The summed E-state index contributed by atoms with van der Waals surface area (Å²) in [4.78, 5) is 22.6. The molecule has 0 heterocycles. The summed E-state index contributed by atoms with van der Waals surface area (Å²) in [6.45, 7) is -0.771. The normalized spacial score (nSPS) is 10.3. The van der Waals surface area contributed by atoms with Crippen LogP contribution in [-0.4, -0.2) is 40.8 Å². The molecule has 0 amide bonds. The number of phenols is 3. The van der Waals surface area contributed by atoms with Gasteiger partial charge in [0, 0.05) is 12.1 Å². The number of phenolic OH excluding ortho intramolecular Hbond substituents is 3. The topological polar surface area (TPSA) is 136 Å². The van der Waals surface area contributed by atoms with Crippen LogP contribution in [0.4, 0.5) is 0 Å². The minimum Gasteiger partial charge on any atom is -0.546 e. The van der Waals surface area contributed by atoms with Crippen molar-refractivity contribution < 1.29 is 69.0 Å². The first-order valence-electron chi connectivity index (χ1n) is 7.30. The van der Waals surface area contributed by atoms with E-state index in [2.05, 4.69) is 0 Å². The SMILES string of the molecule is COc1ccc(/C=C/C(=O)c2c(O)cc(OCC(=O)[O-])cc2O)cc1O.[Na+]. The van der Waals surface area contributed by atoms with Crippen LogP contribution in [0.25, 0.3) is 6.08 Å². The molecule has 0 atom stereocenters. The number of aliphatic carboxylic acids is 1. The number of aromatic hydroxyl groups is 3. The molecule has 0 radical (unpaired) electrons. The van der Waals surface area contributed by atoms with Gasteiger partial charge in [-0.15, -0.1) is 0 Å². The average Bonchev–Trinajstić information content (AvgIpc) is 2.57. The van der Waals surface area contributed by atoms with E-state index in [9.17, 15) is 30.0 Å². The minimum absolute atomic E-state index is 0. The maximum Gasteiger partial charge on any atom is 1.00 e. The standard InChI is InChI=1S/C18H16O8.Na/c1-25-16-5-3-10(6-13(16)20)2-4-12(19)18-14(21)7-11(8-15(18)22)26-9-17(23)24;/h2-8,20-22H,9H2,1H3,(H,23,24);/q;+1/p-1/b4-2+;. The molecule has 2 aromatic rings. The van der Waals surface area contributed by atoms with Crippen LogP contribution in [-0.2, 0) is 4.79 Å². The largest absolute Gasteiger partial charge is 1.00 e. The zero-order chi connectivity index (χ0) is 19.3. The van der Waals surface area contributed by atoms with Gasteiger partial charge in [-0.1, -0.05) is 12.1 Å². The van der Waals surface area contributed by atoms with E-state index in [1.54, 1.807) is 6.07 Å².